The minimum atomic E-state index is -0.958. The molecule has 1 saturated heterocycles. The molecule has 1 unspecified atom stereocenters. The van der Waals surface area contributed by atoms with Crippen molar-refractivity contribution in [3.05, 3.63) is 36.0 Å². The highest BCUT2D eigenvalue weighted by Gasteiger charge is 2.33. The van der Waals surface area contributed by atoms with Crippen molar-refractivity contribution in [2.24, 2.45) is 7.05 Å². The second-order valence-electron chi connectivity index (χ2n) is 5.72. The summed E-state index contributed by atoms with van der Waals surface area (Å²) in [6.07, 6.45) is 5.72. The van der Waals surface area contributed by atoms with E-state index in [2.05, 4.69) is 4.98 Å². The van der Waals surface area contributed by atoms with Gasteiger partial charge in [0.25, 0.3) is 5.91 Å². The minimum absolute atomic E-state index is 0.193. The second kappa shape index (κ2) is 7.12. The summed E-state index contributed by atoms with van der Waals surface area (Å²) in [4.78, 5) is 29.5. The fraction of sp³-hybridized carbons (Fsp3) is 0.438. The summed E-state index contributed by atoms with van der Waals surface area (Å²) in [5.41, 5.74) is 0. The Morgan fingerprint density at radius 3 is 2.96 bits per heavy atom. The molecule has 0 radical (unpaired) electrons. The molecule has 8 heteroatoms. The molecule has 3 rings (SSSR count). The number of carboxylic acids is 1. The van der Waals surface area contributed by atoms with E-state index in [9.17, 15) is 14.7 Å². The zero-order valence-corrected chi connectivity index (χ0v) is 14.2. The average molecular weight is 349 g/mol. The number of hydrogen-bond donors (Lipinski definition) is 1. The summed E-state index contributed by atoms with van der Waals surface area (Å²) in [6, 6.07) is 2.61. The summed E-state index contributed by atoms with van der Waals surface area (Å²) in [6.45, 7) is 0.452. The lowest BCUT2D eigenvalue weighted by molar-refractivity contribution is -0.143. The van der Waals surface area contributed by atoms with Crippen LogP contribution in [0.2, 0.25) is 0 Å². The first kappa shape index (κ1) is 16.6. The largest absolute Gasteiger partial charge is 0.480 e. The van der Waals surface area contributed by atoms with Crippen LogP contribution < -0.4 is 0 Å². The normalized spacial score (nSPS) is 17.9. The first-order chi connectivity index (χ1) is 11.6. The van der Waals surface area contributed by atoms with Crippen LogP contribution in [0.3, 0.4) is 0 Å². The number of amides is 1. The molecule has 3 heterocycles. The van der Waals surface area contributed by atoms with Crippen molar-refractivity contribution < 1.29 is 19.1 Å². The van der Waals surface area contributed by atoms with E-state index in [0.29, 0.717) is 24.5 Å². The number of thioether (sulfide) groups is 1. The number of carbonyl (C=O) groups excluding carboxylic acids is 1. The molecule has 0 spiro atoms. The van der Waals surface area contributed by atoms with Crippen LogP contribution in [0, 0.1) is 0 Å². The molecule has 2 aromatic heterocycles. The van der Waals surface area contributed by atoms with Gasteiger partial charge >= 0.3 is 5.97 Å². The lowest BCUT2D eigenvalue weighted by Gasteiger charge is -2.32. The molecule has 1 amide bonds. The molecule has 1 N–H and O–H groups in total. The molecule has 1 aliphatic heterocycles. The third kappa shape index (κ3) is 3.48. The van der Waals surface area contributed by atoms with Gasteiger partial charge in [0.15, 0.2) is 10.9 Å². The lowest BCUT2D eigenvalue weighted by Crippen LogP contribution is -2.47. The number of likely N-dealkylation sites (tertiary alicyclic amines) is 1. The topological polar surface area (TPSA) is 88.6 Å². The number of piperidine rings is 1. The number of carbonyl (C=O) groups is 2. The van der Waals surface area contributed by atoms with Crippen molar-refractivity contribution in [2.45, 2.75) is 36.2 Å². The molecule has 7 nitrogen and oxygen atoms in total. The van der Waals surface area contributed by atoms with Crippen LogP contribution in [-0.4, -0.2) is 44.0 Å². The number of aromatic nitrogens is 2. The van der Waals surface area contributed by atoms with Gasteiger partial charge < -0.3 is 19.0 Å². The number of carboxylic acid groups (broad SMARTS) is 1. The van der Waals surface area contributed by atoms with Crippen LogP contribution in [0.15, 0.2) is 34.1 Å². The highest BCUT2D eigenvalue weighted by Crippen LogP contribution is 2.24. The molecule has 0 bridgehead atoms. The second-order valence-corrected chi connectivity index (χ2v) is 6.67. The molecule has 0 aliphatic carbocycles. The number of nitrogens with zero attached hydrogens (tertiary/aromatic N) is 3. The predicted molar refractivity (Wildman–Crippen MR) is 87.8 cm³/mol. The quantitative estimate of drug-likeness (QED) is 0.834. The third-order valence-electron chi connectivity index (χ3n) is 4.04. The number of furan rings is 1. The molecular weight excluding hydrogens is 330 g/mol. The van der Waals surface area contributed by atoms with Crippen LogP contribution in [0.5, 0.6) is 0 Å². The van der Waals surface area contributed by atoms with Gasteiger partial charge in [-0.2, -0.15) is 0 Å². The van der Waals surface area contributed by atoms with Crippen molar-refractivity contribution in [1.29, 1.82) is 0 Å². The number of imidazole rings is 1. The molecule has 1 aliphatic rings. The Labute approximate surface area is 143 Å². The molecule has 2 aromatic rings. The van der Waals surface area contributed by atoms with Gasteiger partial charge in [0, 0.05) is 26.0 Å². The van der Waals surface area contributed by atoms with Crippen molar-refractivity contribution in [1.82, 2.24) is 14.5 Å². The van der Waals surface area contributed by atoms with E-state index in [1.807, 2.05) is 17.8 Å². The fourth-order valence-electron chi connectivity index (χ4n) is 2.77. The Bertz CT molecular complexity index is 739. The zero-order valence-electron chi connectivity index (χ0n) is 13.3. The summed E-state index contributed by atoms with van der Waals surface area (Å²) < 4.78 is 7.53. The Kier molecular flexibility index (Phi) is 4.94. The summed E-state index contributed by atoms with van der Waals surface area (Å²) in [5.74, 6) is 0.102. The maximum absolute atomic E-state index is 12.6. The van der Waals surface area contributed by atoms with Crippen LogP contribution >= 0.6 is 11.8 Å². The van der Waals surface area contributed by atoms with Gasteiger partial charge in [-0.1, -0.05) is 11.8 Å². The van der Waals surface area contributed by atoms with E-state index in [1.54, 1.807) is 18.3 Å². The van der Waals surface area contributed by atoms with E-state index in [1.165, 1.54) is 16.7 Å². The summed E-state index contributed by atoms with van der Waals surface area (Å²) in [5, 5.41) is 10.2. The minimum Gasteiger partial charge on any atom is -0.480 e. The average Bonchev–Trinajstić information content (AvgIpc) is 3.21. The van der Waals surface area contributed by atoms with Crippen molar-refractivity contribution in [3.8, 4) is 0 Å². The molecule has 0 aromatic carbocycles. The van der Waals surface area contributed by atoms with Gasteiger partial charge in [0.2, 0.25) is 0 Å². The Morgan fingerprint density at radius 1 is 1.42 bits per heavy atom. The first-order valence-electron chi connectivity index (χ1n) is 7.79. The lowest BCUT2D eigenvalue weighted by atomic mass is 10.0. The summed E-state index contributed by atoms with van der Waals surface area (Å²) >= 11 is 1.51. The molecular formula is C16H19N3O4S. The van der Waals surface area contributed by atoms with Gasteiger partial charge in [0.1, 0.15) is 11.8 Å². The van der Waals surface area contributed by atoms with Gasteiger partial charge in [-0.3, -0.25) is 4.79 Å². The zero-order chi connectivity index (χ0) is 17.1. The van der Waals surface area contributed by atoms with Gasteiger partial charge in [-0.15, -0.1) is 0 Å². The predicted octanol–water partition coefficient (Wildman–Crippen LogP) is 2.38. The van der Waals surface area contributed by atoms with Gasteiger partial charge in [0.05, 0.1) is 5.75 Å². The number of rotatable bonds is 5. The van der Waals surface area contributed by atoms with Crippen molar-refractivity contribution >= 4 is 23.6 Å². The molecule has 128 valence electrons. The van der Waals surface area contributed by atoms with Crippen LogP contribution in [0.25, 0.3) is 0 Å². The Morgan fingerprint density at radius 2 is 2.25 bits per heavy atom. The highest BCUT2D eigenvalue weighted by atomic mass is 32.2. The van der Waals surface area contributed by atoms with Gasteiger partial charge in [-0.05, 0) is 31.4 Å². The van der Waals surface area contributed by atoms with E-state index in [-0.39, 0.29) is 11.7 Å². The Balaban J connectivity index is 1.66. The van der Waals surface area contributed by atoms with E-state index in [4.69, 9.17) is 4.42 Å². The first-order valence-corrected chi connectivity index (χ1v) is 8.77. The smallest absolute Gasteiger partial charge is 0.326 e. The Hall–Kier alpha value is -2.22. The van der Waals surface area contributed by atoms with E-state index in [0.717, 1.165) is 18.0 Å². The summed E-state index contributed by atoms with van der Waals surface area (Å²) in [7, 11) is 1.91. The monoisotopic (exact) mass is 349 g/mol. The van der Waals surface area contributed by atoms with Crippen LogP contribution in [0.1, 0.15) is 35.6 Å². The standard InChI is InChI=1S/C16H19N3O4S/c1-18-9-7-17-16(18)24-10-11-5-6-13(23-11)14(20)19-8-3-2-4-12(19)15(21)22/h5-7,9,12H,2-4,8,10H2,1H3,(H,21,22). The van der Waals surface area contributed by atoms with Gasteiger partial charge in [-0.25, -0.2) is 9.78 Å². The SMILES string of the molecule is Cn1ccnc1SCc1ccc(C(=O)N2CCCCC2C(=O)O)o1. The van der Waals surface area contributed by atoms with Crippen molar-refractivity contribution in [2.75, 3.05) is 6.54 Å². The van der Waals surface area contributed by atoms with E-state index < -0.39 is 12.0 Å². The number of hydrogen-bond acceptors (Lipinski definition) is 5. The molecule has 1 fully saturated rings. The third-order valence-corrected chi connectivity index (χ3v) is 5.12. The maximum atomic E-state index is 12.6. The molecule has 0 saturated carbocycles. The fourth-order valence-corrected chi connectivity index (χ4v) is 3.60. The van der Waals surface area contributed by atoms with Crippen LogP contribution in [0.4, 0.5) is 0 Å². The maximum Gasteiger partial charge on any atom is 0.326 e. The number of aryl methyl sites for hydroxylation is 1. The highest BCUT2D eigenvalue weighted by molar-refractivity contribution is 7.98. The molecule has 24 heavy (non-hydrogen) atoms. The molecule has 1 atom stereocenters. The van der Waals surface area contributed by atoms with Crippen LogP contribution in [-0.2, 0) is 17.6 Å². The number of aliphatic carboxylic acids is 1. The van der Waals surface area contributed by atoms with E-state index >= 15 is 0 Å². The van der Waals surface area contributed by atoms with Crippen molar-refractivity contribution in [3.63, 3.8) is 0 Å².